The first-order valence-corrected chi connectivity index (χ1v) is 10.5. The number of rotatable bonds is 4. The summed E-state index contributed by atoms with van der Waals surface area (Å²) >= 11 is 0. The van der Waals surface area contributed by atoms with Crippen molar-refractivity contribution in [3.63, 3.8) is 0 Å². The summed E-state index contributed by atoms with van der Waals surface area (Å²) in [6, 6.07) is 10.4. The molecule has 0 saturated carbocycles. The number of pyridine rings is 2. The predicted molar refractivity (Wildman–Crippen MR) is 118 cm³/mol. The van der Waals surface area contributed by atoms with E-state index < -0.39 is 17.8 Å². The normalized spacial score (nSPS) is 20.5. The Labute approximate surface area is 188 Å². The molecular weight excluding hydrogens is 433 g/mol. The second-order valence-electron chi connectivity index (χ2n) is 8.79. The fourth-order valence-electron chi connectivity index (χ4n) is 4.44. The van der Waals surface area contributed by atoms with Crippen molar-refractivity contribution in [2.24, 2.45) is 5.73 Å². The Morgan fingerprint density at radius 1 is 1.12 bits per heavy atom. The van der Waals surface area contributed by atoms with E-state index >= 15 is 0 Å². The van der Waals surface area contributed by atoms with Crippen LogP contribution in [0.2, 0.25) is 0 Å². The summed E-state index contributed by atoms with van der Waals surface area (Å²) < 4.78 is 49.3. The zero-order valence-corrected chi connectivity index (χ0v) is 18.2. The van der Waals surface area contributed by atoms with E-state index in [1.54, 1.807) is 36.6 Å². The molecule has 3 aromatic heterocycles. The first-order valence-electron chi connectivity index (χ1n) is 10.5. The van der Waals surface area contributed by atoms with Crippen LogP contribution in [0.3, 0.4) is 0 Å². The second kappa shape index (κ2) is 7.67. The summed E-state index contributed by atoms with van der Waals surface area (Å²) in [6.45, 7) is 2.22. The number of ether oxygens (including phenoxy) is 1. The van der Waals surface area contributed by atoms with Crippen LogP contribution in [0.15, 0.2) is 48.7 Å². The number of benzene rings is 1. The SMILES string of the molecule is COc1ccc2ccc(-c3nnc4ccc(C(N5CCC(C)(N)C5)C(F)(F)F)cn34)nc2c1. The number of alkyl halides is 3. The van der Waals surface area contributed by atoms with Gasteiger partial charge < -0.3 is 10.5 Å². The van der Waals surface area contributed by atoms with Crippen LogP contribution in [0.4, 0.5) is 13.2 Å². The summed E-state index contributed by atoms with van der Waals surface area (Å²) in [5, 5.41) is 9.24. The van der Waals surface area contributed by atoms with E-state index in [4.69, 9.17) is 10.5 Å². The lowest BCUT2D eigenvalue weighted by atomic mass is 10.0. The molecule has 33 heavy (non-hydrogen) atoms. The topological polar surface area (TPSA) is 81.6 Å². The second-order valence-corrected chi connectivity index (χ2v) is 8.79. The Balaban J connectivity index is 1.59. The Bertz CT molecular complexity index is 1330. The van der Waals surface area contributed by atoms with Crippen LogP contribution in [0.5, 0.6) is 5.75 Å². The van der Waals surface area contributed by atoms with Gasteiger partial charge in [0.25, 0.3) is 0 Å². The van der Waals surface area contributed by atoms with Gasteiger partial charge in [-0.1, -0.05) is 12.1 Å². The van der Waals surface area contributed by atoms with Gasteiger partial charge in [-0.2, -0.15) is 13.2 Å². The Hall–Kier alpha value is -3.24. The van der Waals surface area contributed by atoms with E-state index in [1.165, 1.54) is 17.2 Å². The minimum absolute atomic E-state index is 0.108. The van der Waals surface area contributed by atoms with Gasteiger partial charge >= 0.3 is 6.18 Å². The molecule has 0 spiro atoms. The van der Waals surface area contributed by atoms with Gasteiger partial charge in [0.05, 0.1) is 12.6 Å². The van der Waals surface area contributed by atoms with E-state index in [0.29, 0.717) is 34.9 Å². The van der Waals surface area contributed by atoms with Crippen molar-refractivity contribution in [1.29, 1.82) is 0 Å². The monoisotopic (exact) mass is 456 g/mol. The molecule has 0 amide bonds. The predicted octanol–water partition coefficient (Wildman–Crippen LogP) is 3.98. The fourth-order valence-corrected chi connectivity index (χ4v) is 4.44. The van der Waals surface area contributed by atoms with E-state index in [-0.39, 0.29) is 18.7 Å². The molecule has 7 nitrogen and oxygen atoms in total. The number of halogens is 3. The third-order valence-corrected chi connectivity index (χ3v) is 6.08. The van der Waals surface area contributed by atoms with E-state index in [0.717, 1.165) is 5.39 Å². The third kappa shape index (κ3) is 4.00. The molecule has 4 aromatic rings. The van der Waals surface area contributed by atoms with Gasteiger partial charge in [0.15, 0.2) is 11.5 Å². The zero-order valence-electron chi connectivity index (χ0n) is 18.2. The first-order chi connectivity index (χ1) is 15.6. The highest BCUT2D eigenvalue weighted by Gasteiger charge is 2.48. The van der Waals surface area contributed by atoms with Gasteiger partial charge in [0.1, 0.15) is 17.5 Å². The van der Waals surface area contributed by atoms with Gasteiger partial charge in [-0.15, -0.1) is 10.2 Å². The Morgan fingerprint density at radius 2 is 1.91 bits per heavy atom. The number of aromatic nitrogens is 4. The number of methoxy groups -OCH3 is 1. The van der Waals surface area contributed by atoms with Crippen LogP contribution in [-0.2, 0) is 0 Å². The van der Waals surface area contributed by atoms with Crippen LogP contribution in [0.25, 0.3) is 28.1 Å². The summed E-state index contributed by atoms with van der Waals surface area (Å²) in [5.41, 5.74) is 7.20. The lowest BCUT2D eigenvalue weighted by molar-refractivity contribution is -0.184. The van der Waals surface area contributed by atoms with Crippen LogP contribution in [0, 0.1) is 0 Å². The molecule has 10 heteroatoms. The molecule has 0 aliphatic carbocycles. The van der Waals surface area contributed by atoms with E-state index in [2.05, 4.69) is 15.2 Å². The van der Waals surface area contributed by atoms with Gasteiger partial charge in [-0.05, 0) is 43.2 Å². The average Bonchev–Trinajstić information content (AvgIpc) is 3.34. The maximum absolute atomic E-state index is 14.2. The molecule has 1 aliphatic rings. The van der Waals surface area contributed by atoms with Crippen molar-refractivity contribution in [2.75, 3.05) is 20.2 Å². The highest BCUT2D eigenvalue weighted by Crippen LogP contribution is 2.41. The molecule has 0 bridgehead atoms. The molecule has 172 valence electrons. The number of nitrogens with zero attached hydrogens (tertiary/aromatic N) is 5. The summed E-state index contributed by atoms with van der Waals surface area (Å²) in [5.74, 6) is 1.02. The summed E-state index contributed by atoms with van der Waals surface area (Å²) in [6.07, 6.45) is -2.50. The lowest BCUT2D eigenvalue weighted by Crippen LogP contribution is -2.43. The molecule has 0 radical (unpaired) electrons. The number of fused-ring (bicyclic) bond motifs is 2. The Morgan fingerprint density at radius 3 is 2.61 bits per heavy atom. The smallest absolute Gasteiger partial charge is 0.408 e. The van der Waals surface area contributed by atoms with Crippen molar-refractivity contribution in [2.45, 2.75) is 31.1 Å². The standard InChI is InChI=1S/C23H23F3N6O/c1-22(27)9-10-31(13-22)20(23(24,25)26)15-5-8-19-29-30-21(32(19)12-15)17-7-4-14-3-6-16(33-2)11-18(14)28-17/h3-8,11-12,20H,9-10,13,27H2,1-2H3. The molecule has 2 unspecified atom stereocenters. The number of hydrogen-bond donors (Lipinski definition) is 1. The molecule has 1 aromatic carbocycles. The molecule has 1 saturated heterocycles. The summed E-state index contributed by atoms with van der Waals surface area (Å²) in [7, 11) is 1.57. The number of hydrogen-bond acceptors (Lipinski definition) is 6. The van der Waals surface area contributed by atoms with Crippen molar-refractivity contribution in [3.8, 4) is 17.3 Å². The first kappa shape index (κ1) is 21.6. The molecule has 1 aliphatic heterocycles. The fraction of sp³-hybridized carbons (Fsp3) is 0.348. The highest BCUT2D eigenvalue weighted by atomic mass is 19.4. The minimum atomic E-state index is -4.46. The maximum atomic E-state index is 14.2. The molecule has 5 rings (SSSR count). The van der Waals surface area contributed by atoms with Crippen molar-refractivity contribution < 1.29 is 17.9 Å². The average molecular weight is 456 g/mol. The molecule has 2 N–H and O–H groups in total. The van der Waals surface area contributed by atoms with E-state index in [9.17, 15) is 13.2 Å². The van der Waals surface area contributed by atoms with Gasteiger partial charge in [0, 0.05) is 36.3 Å². The molecule has 1 fully saturated rings. The molecule has 2 atom stereocenters. The van der Waals surface area contributed by atoms with Crippen LogP contribution < -0.4 is 10.5 Å². The number of nitrogens with two attached hydrogens (primary N) is 1. The highest BCUT2D eigenvalue weighted by molar-refractivity contribution is 5.82. The summed E-state index contributed by atoms with van der Waals surface area (Å²) in [4.78, 5) is 6.04. The van der Waals surface area contributed by atoms with Crippen molar-refractivity contribution in [3.05, 3.63) is 54.2 Å². The molecule has 4 heterocycles. The maximum Gasteiger partial charge on any atom is 0.408 e. The van der Waals surface area contributed by atoms with Crippen molar-refractivity contribution >= 4 is 16.6 Å². The minimum Gasteiger partial charge on any atom is -0.497 e. The van der Waals surface area contributed by atoms with Crippen LogP contribution in [0.1, 0.15) is 24.9 Å². The van der Waals surface area contributed by atoms with Gasteiger partial charge in [-0.25, -0.2) is 4.98 Å². The van der Waals surface area contributed by atoms with Crippen molar-refractivity contribution in [1.82, 2.24) is 24.5 Å². The third-order valence-electron chi connectivity index (χ3n) is 6.08. The largest absolute Gasteiger partial charge is 0.497 e. The van der Waals surface area contributed by atoms with Gasteiger partial charge in [0.2, 0.25) is 0 Å². The van der Waals surface area contributed by atoms with Crippen LogP contribution >= 0.6 is 0 Å². The number of likely N-dealkylation sites (tertiary alicyclic amines) is 1. The quantitative estimate of drug-likeness (QED) is 0.500. The lowest BCUT2D eigenvalue weighted by Gasteiger charge is -2.31. The Kier molecular flexibility index (Phi) is 5.02. The van der Waals surface area contributed by atoms with E-state index in [1.807, 2.05) is 18.2 Å². The zero-order chi connectivity index (χ0) is 23.4. The van der Waals surface area contributed by atoms with Crippen LogP contribution in [-0.4, -0.2) is 56.4 Å². The molecular formula is C23H23F3N6O. The van der Waals surface area contributed by atoms with Gasteiger partial charge in [-0.3, -0.25) is 9.30 Å².